The number of rotatable bonds is 2. The number of carbonyl (C=O) groups is 1. The lowest BCUT2D eigenvalue weighted by Crippen LogP contribution is -2.45. The van der Waals surface area contributed by atoms with Crippen molar-refractivity contribution in [3.63, 3.8) is 0 Å². The Morgan fingerprint density at radius 3 is 2.41 bits per heavy atom. The zero-order valence-electron chi connectivity index (χ0n) is 8.99. The smallest absolute Gasteiger partial charge is 0.424 e. The molecular formula is C11H10F3NO2. The Balaban J connectivity index is 2.34. The summed E-state index contributed by atoms with van der Waals surface area (Å²) in [4.78, 5) is 12.3. The number of benzene rings is 1. The summed E-state index contributed by atoms with van der Waals surface area (Å²) < 4.78 is 43.0. The Morgan fingerprint density at radius 2 is 1.94 bits per heavy atom. The molecule has 92 valence electrons. The molecule has 0 bridgehead atoms. The van der Waals surface area contributed by atoms with Gasteiger partial charge in [-0.2, -0.15) is 13.2 Å². The molecule has 1 heterocycles. The lowest BCUT2D eigenvalue weighted by atomic mass is 10.1. The third-order valence-corrected chi connectivity index (χ3v) is 2.80. The quantitative estimate of drug-likeness (QED) is 0.589. The standard InChI is InChI=1S/C11H10F3NO2/c1-17-9(16)10(11(12,13)14)7-15(10)8-5-3-2-4-6-8/h2-6H,7H2,1H3. The van der Waals surface area contributed by atoms with E-state index in [1.807, 2.05) is 0 Å². The van der Waals surface area contributed by atoms with Crippen LogP contribution in [0.4, 0.5) is 18.9 Å². The number of para-hydroxylation sites is 1. The van der Waals surface area contributed by atoms with Gasteiger partial charge in [-0.1, -0.05) is 18.2 Å². The summed E-state index contributed by atoms with van der Waals surface area (Å²) >= 11 is 0. The average molecular weight is 245 g/mol. The molecule has 0 radical (unpaired) electrons. The third kappa shape index (κ3) is 1.64. The van der Waals surface area contributed by atoms with Crippen LogP contribution in [0.1, 0.15) is 0 Å². The van der Waals surface area contributed by atoms with Crippen molar-refractivity contribution >= 4 is 11.7 Å². The molecule has 1 aromatic carbocycles. The Labute approximate surface area is 95.8 Å². The molecule has 0 saturated carbocycles. The number of ether oxygens (including phenoxy) is 1. The van der Waals surface area contributed by atoms with Crippen LogP contribution in [-0.2, 0) is 9.53 Å². The van der Waals surface area contributed by atoms with Crippen LogP contribution >= 0.6 is 0 Å². The lowest BCUT2D eigenvalue weighted by molar-refractivity contribution is -0.183. The minimum Gasteiger partial charge on any atom is -0.467 e. The summed E-state index contributed by atoms with van der Waals surface area (Å²) in [6, 6.07) is 7.98. The molecule has 2 rings (SSSR count). The first-order valence-corrected chi connectivity index (χ1v) is 4.91. The van der Waals surface area contributed by atoms with Crippen LogP contribution in [0.25, 0.3) is 0 Å². The first-order chi connectivity index (χ1) is 7.93. The second kappa shape index (κ2) is 3.65. The summed E-state index contributed by atoms with van der Waals surface area (Å²) in [5.41, 5.74) is -2.15. The molecule has 0 aliphatic carbocycles. The van der Waals surface area contributed by atoms with Crippen molar-refractivity contribution in [1.82, 2.24) is 0 Å². The maximum absolute atomic E-state index is 12.9. The van der Waals surface area contributed by atoms with Gasteiger partial charge in [-0.25, -0.2) is 4.79 Å². The zero-order valence-corrected chi connectivity index (χ0v) is 8.99. The Hall–Kier alpha value is -1.72. The van der Waals surface area contributed by atoms with Gasteiger partial charge in [0.05, 0.1) is 13.7 Å². The van der Waals surface area contributed by atoms with E-state index in [0.717, 1.165) is 12.0 Å². The summed E-state index contributed by atoms with van der Waals surface area (Å²) in [5.74, 6) is -1.27. The molecule has 1 fully saturated rings. The summed E-state index contributed by atoms with van der Waals surface area (Å²) in [7, 11) is 0.956. The molecule has 1 atom stereocenters. The van der Waals surface area contributed by atoms with Crippen molar-refractivity contribution in [2.75, 3.05) is 18.6 Å². The monoisotopic (exact) mass is 245 g/mol. The number of alkyl halides is 3. The van der Waals surface area contributed by atoms with Crippen LogP contribution in [0.15, 0.2) is 30.3 Å². The number of hydrogen-bond donors (Lipinski definition) is 0. The Kier molecular flexibility index (Phi) is 2.52. The second-order valence-electron chi connectivity index (χ2n) is 3.77. The largest absolute Gasteiger partial charge is 0.467 e. The molecule has 1 saturated heterocycles. The SMILES string of the molecule is COC(=O)C1(C(F)(F)F)CN1c1ccccc1. The molecule has 3 nitrogen and oxygen atoms in total. The highest BCUT2D eigenvalue weighted by Gasteiger charge is 2.76. The fraction of sp³-hybridized carbons (Fsp3) is 0.364. The number of hydrogen-bond acceptors (Lipinski definition) is 3. The van der Waals surface area contributed by atoms with Crippen LogP contribution in [0.3, 0.4) is 0 Å². The van der Waals surface area contributed by atoms with Gasteiger partial charge in [-0.3, -0.25) is 0 Å². The number of nitrogens with zero attached hydrogens (tertiary/aromatic N) is 1. The number of esters is 1. The van der Waals surface area contributed by atoms with Crippen molar-refractivity contribution in [3.05, 3.63) is 30.3 Å². The van der Waals surface area contributed by atoms with Crippen molar-refractivity contribution < 1.29 is 22.7 Å². The van der Waals surface area contributed by atoms with Crippen molar-refractivity contribution in [3.8, 4) is 0 Å². The molecular weight excluding hydrogens is 235 g/mol. The predicted octanol–water partition coefficient (Wildman–Crippen LogP) is 1.98. The molecule has 0 aromatic heterocycles. The van der Waals surface area contributed by atoms with Gasteiger partial charge in [-0.05, 0) is 12.1 Å². The minimum absolute atomic E-state index is 0.357. The molecule has 1 unspecified atom stereocenters. The Bertz CT molecular complexity index is 432. The van der Waals surface area contributed by atoms with E-state index in [-0.39, 0.29) is 0 Å². The van der Waals surface area contributed by atoms with E-state index in [9.17, 15) is 18.0 Å². The van der Waals surface area contributed by atoms with Gasteiger partial charge in [0.25, 0.3) is 5.54 Å². The number of anilines is 1. The van der Waals surface area contributed by atoms with Gasteiger partial charge in [-0.15, -0.1) is 0 Å². The number of methoxy groups -OCH3 is 1. The first-order valence-electron chi connectivity index (χ1n) is 4.91. The molecule has 17 heavy (non-hydrogen) atoms. The second-order valence-corrected chi connectivity index (χ2v) is 3.77. The normalized spacial score (nSPS) is 23.4. The fourth-order valence-electron chi connectivity index (χ4n) is 1.82. The highest BCUT2D eigenvalue weighted by atomic mass is 19.4. The average Bonchev–Trinajstić information content (AvgIpc) is 3.05. The fourth-order valence-corrected chi connectivity index (χ4v) is 1.82. The number of carbonyl (C=O) groups excluding carboxylic acids is 1. The summed E-state index contributed by atoms with van der Waals surface area (Å²) in [6.07, 6.45) is -4.64. The van der Waals surface area contributed by atoms with Crippen LogP contribution in [-0.4, -0.2) is 31.3 Å². The maximum Gasteiger partial charge on any atom is 0.424 e. The van der Waals surface area contributed by atoms with Crippen molar-refractivity contribution in [2.24, 2.45) is 0 Å². The summed E-state index contributed by atoms with van der Waals surface area (Å²) in [5, 5.41) is 0. The van der Waals surface area contributed by atoms with Gasteiger partial charge < -0.3 is 9.64 Å². The number of halogens is 3. The third-order valence-electron chi connectivity index (χ3n) is 2.80. The Morgan fingerprint density at radius 1 is 1.35 bits per heavy atom. The van der Waals surface area contributed by atoms with Crippen LogP contribution in [0.2, 0.25) is 0 Å². The van der Waals surface area contributed by atoms with Gasteiger partial charge in [0, 0.05) is 5.69 Å². The first kappa shape index (κ1) is 11.8. The minimum atomic E-state index is -4.64. The van der Waals surface area contributed by atoms with Crippen molar-refractivity contribution in [1.29, 1.82) is 0 Å². The highest BCUT2D eigenvalue weighted by molar-refractivity contribution is 5.93. The lowest BCUT2D eigenvalue weighted by Gasteiger charge is -2.19. The van der Waals surface area contributed by atoms with Gasteiger partial charge in [0.1, 0.15) is 0 Å². The van der Waals surface area contributed by atoms with E-state index < -0.39 is 24.2 Å². The topological polar surface area (TPSA) is 29.3 Å². The predicted molar refractivity (Wildman–Crippen MR) is 54.6 cm³/mol. The van der Waals surface area contributed by atoms with E-state index in [1.165, 1.54) is 12.1 Å². The van der Waals surface area contributed by atoms with E-state index >= 15 is 0 Å². The highest BCUT2D eigenvalue weighted by Crippen LogP contribution is 2.49. The van der Waals surface area contributed by atoms with E-state index in [4.69, 9.17) is 0 Å². The van der Waals surface area contributed by atoms with Crippen LogP contribution in [0.5, 0.6) is 0 Å². The zero-order chi connectivity index (χ0) is 12.7. The van der Waals surface area contributed by atoms with Crippen LogP contribution in [0, 0.1) is 0 Å². The van der Waals surface area contributed by atoms with E-state index in [0.29, 0.717) is 5.69 Å². The molecule has 1 aliphatic heterocycles. The molecule has 6 heteroatoms. The summed E-state index contributed by atoms with van der Waals surface area (Å²) in [6.45, 7) is -0.396. The molecule has 1 aromatic rings. The van der Waals surface area contributed by atoms with Gasteiger partial charge >= 0.3 is 12.1 Å². The molecule has 0 amide bonds. The molecule has 1 aliphatic rings. The molecule has 0 N–H and O–H groups in total. The molecule has 0 spiro atoms. The van der Waals surface area contributed by atoms with Crippen molar-refractivity contribution in [2.45, 2.75) is 11.7 Å². The maximum atomic E-state index is 12.9. The van der Waals surface area contributed by atoms with E-state index in [2.05, 4.69) is 4.74 Å². The van der Waals surface area contributed by atoms with E-state index in [1.54, 1.807) is 18.2 Å². The van der Waals surface area contributed by atoms with Gasteiger partial charge in [0.2, 0.25) is 0 Å². The van der Waals surface area contributed by atoms with Crippen LogP contribution < -0.4 is 4.90 Å². The van der Waals surface area contributed by atoms with Gasteiger partial charge in [0.15, 0.2) is 0 Å².